The molecule has 0 aliphatic carbocycles. The van der Waals surface area contributed by atoms with Crippen LogP contribution in [-0.2, 0) is 6.54 Å². The number of aromatic nitrogens is 1. The average Bonchev–Trinajstić information content (AvgIpc) is 2.65. The van der Waals surface area contributed by atoms with Crippen LogP contribution in [0.15, 0.2) is 18.3 Å². The number of nitrogen functional groups attached to an aromatic ring is 1. The van der Waals surface area contributed by atoms with Crippen molar-refractivity contribution in [3.8, 4) is 0 Å². The van der Waals surface area contributed by atoms with Gasteiger partial charge in [-0.15, -0.1) is 0 Å². The molecule has 1 aromatic rings. The number of nitrogens with one attached hydrogen (secondary N) is 1. The fraction of sp³-hybridized carbons (Fsp3) is 0.545. The lowest BCUT2D eigenvalue weighted by molar-refractivity contribution is 0.257. The molecule has 2 rings (SSSR count). The van der Waals surface area contributed by atoms with Crippen LogP contribution in [0, 0.1) is 0 Å². The Morgan fingerprint density at radius 2 is 2.53 bits per heavy atom. The first-order valence-electron chi connectivity index (χ1n) is 5.45. The van der Waals surface area contributed by atoms with Crippen LogP contribution in [0.4, 0.5) is 5.69 Å². The molecule has 0 amide bonds. The molecule has 2 heterocycles. The standard InChI is InChI=1S/C11H18N4/c1-9-3-2-6-15(9)8-11-7-10(14-12)4-5-13-11/h4-5,7,9H,2-3,6,8,12H2,1H3,(H,13,14). The van der Waals surface area contributed by atoms with E-state index in [0.717, 1.165) is 17.9 Å². The van der Waals surface area contributed by atoms with Gasteiger partial charge in [-0.1, -0.05) is 0 Å². The molecular weight excluding hydrogens is 188 g/mol. The lowest BCUT2D eigenvalue weighted by Crippen LogP contribution is -2.26. The van der Waals surface area contributed by atoms with Crippen LogP contribution in [0.3, 0.4) is 0 Å². The van der Waals surface area contributed by atoms with Gasteiger partial charge in [-0.25, -0.2) is 0 Å². The number of hydrogen-bond donors (Lipinski definition) is 2. The topological polar surface area (TPSA) is 54.2 Å². The van der Waals surface area contributed by atoms with Gasteiger partial charge in [0.2, 0.25) is 0 Å². The molecule has 15 heavy (non-hydrogen) atoms. The lowest BCUT2D eigenvalue weighted by Gasteiger charge is -2.20. The van der Waals surface area contributed by atoms with Gasteiger partial charge in [-0.2, -0.15) is 0 Å². The van der Waals surface area contributed by atoms with Gasteiger partial charge in [0, 0.05) is 18.8 Å². The highest BCUT2D eigenvalue weighted by Crippen LogP contribution is 2.19. The summed E-state index contributed by atoms with van der Waals surface area (Å²) >= 11 is 0. The second kappa shape index (κ2) is 4.59. The molecule has 0 aromatic carbocycles. The predicted molar refractivity (Wildman–Crippen MR) is 61.2 cm³/mol. The summed E-state index contributed by atoms with van der Waals surface area (Å²) in [6.45, 7) is 4.39. The van der Waals surface area contributed by atoms with E-state index in [1.54, 1.807) is 6.20 Å². The molecule has 0 radical (unpaired) electrons. The Morgan fingerprint density at radius 3 is 3.20 bits per heavy atom. The molecule has 1 aromatic heterocycles. The summed E-state index contributed by atoms with van der Waals surface area (Å²) in [7, 11) is 0. The van der Waals surface area contributed by atoms with Gasteiger partial charge in [0.1, 0.15) is 0 Å². The van der Waals surface area contributed by atoms with Crippen molar-refractivity contribution in [2.75, 3.05) is 12.0 Å². The maximum atomic E-state index is 5.36. The molecule has 0 bridgehead atoms. The maximum absolute atomic E-state index is 5.36. The largest absolute Gasteiger partial charge is 0.324 e. The smallest absolute Gasteiger partial charge is 0.0565 e. The third kappa shape index (κ3) is 2.46. The number of pyridine rings is 1. The summed E-state index contributed by atoms with van der Waals surface area (Å²) in [5.74, 6) is 5.36. The molecule has 0 saturated carbocycles. The highest BCUT2D eigenvalue weighted by atomic mass is 15.2. The zero-order chi connectivity index (χ0) is 10.7. The average molecular weight is 206 g/mol. The van der Waals surface area contributed by atoms with Gasteiger partial charge in [0.15, 0.2) is 0 Å². The number of hydrazine groups is 1. The van der Waals surface area contributed by atoms with E-state index < -0.39 is 0 Å². The Kier molecular flexibility index (Phi) is 3.18. The van der Waals surface area contributed by atoms with E-state index in [1.165, 1.54) is 19.4 Å². The Hall–Kier alpha value is -1.13. The molecule has 1 fully saturated rings. The van der Waals surface area contributed by atoms with Gasteiger partial charge in [-0.05, 0) is 38.4 Å². The zero-order valence-electron chi connectivity index (χ0n) is 9.11. The number of hydrogen-bond acceptors (Lipinski definition) is 4. The summed E-state index contributed by atoms with van der Waals surface area (Å²) in [5, 5.41) is 0. The quantitative estimate of drug-likeness (QED) is 0.579. The summed E-state index contributed by atoms with van der Waals surface area (Å²) in [4.78, 5) is 6.81. The highest BCUT2D eigenvalue weighted by molar-refractivity contribution is 5.41. The molecule has 3 N–H and O–H groups in total. The summed E-state index contributed by atoms with van der Waals surface area (Å²) in [6.07, 6.45) is 4.40. The van der Waals surface area contributed by atoms with Crippen LogP contribution >= 0.6 is 0 Å². The van der Waals surface area contributed by atoms with E-state index in [4.69, 9.17) is 5.84 Å². The van der Waals surface area contributed by atoms with Crippen LogP contribution in [0.25, 0.3) is 0 Å². The van der Waals surface area contributed by atoms with Gasteiger partial charge in [0.25, 0.3) is 0 Å². The zero-order valence-corrected chi connectivity index (χ0v) is 9.11. The van der Waals surface area contributed by atoms with Crippen LogP contribution in [0.5, 0.6) is 0 Å². The van der Waals surface area contributed by atoms with E-state index in [2.05, 4.69) is 22.2 Å². The van der Waals surface area contributed by atoms with Crippen LogP contribution in [-0.4, -0.2) is 22.5 Å². The molecule has 1 atom stereocenters. The molecule has 0 spiro atoms. The minimum atomic E-state index is 0.682. The predicted octanol–water partition coefficient (Wildman–Crippen LogP) is 1.35. The summed E-state index contributed by atoms with van der Waals surface area (Å²) in [6, 6.07) is 4.56. The second-order valence-electron chi connectivity index (χ2n) is 4.14. The molecule has 1 unspecified atom stereocenters. The molecule has 4 heteroatoms. The number of rotatable bonds is 3. The minimum Gasteiger partial charge on any atom is -0.324 e. The lowest BCUT2D eigenvalue weighted by atomic mass is 10.2. The van der Waals surface area contributed by atoms with Crippen molar-refractivity contribution in [2.45, 2.75) is 32.4 Å². The second-order valence-corrected chi connectivity index (χ2v) is 4.14. The van der Waals surface area contributed by atoms with Crippen molar-refractivity contribution < 1.29 is 0 Å². The van der Waals surface area contributed by atoms with Crippen molar-refractivity contribution >= 4 is 5.69 Å². The van der Waals surface area contributed by atoms with Gasteiger partial charge >= 0.3 is 0 Å². The molecule has 1 aliphatic heterocycles. The first-order chi connectivity index (χ1) is 7.29. The van der Waals surface area contributed by atoms with E-state index >= 15 is 0 Å². The van der Waals surface area contributed by atoms with Crippen molar-refractivity contribution in [2.24, 2.45) is 5.84 Å². The molecule has 1 aliphatic rings. The van der Waals surface area contributed by atoms with Crippen molar-refractivity contribution in [3.05, 3.63) is 24.0 Å². The number of nitrogens with zero attached hydrogens (tertiary/aromatic N) is 2. The van der Waals surface area contributed by atoms with Gasteiger partial charge in [-0.3, -0.25) is 15.7 Å². The van der Waals surface area contributed by atoms with Crippen molar-refractivity contribution in [3.63, 3.8) is 0 Å². The van der Waals surface area contributed by atoms with E-state index in [-0.39, 0.29) is 0 Å². The molecular formula is C11H18N4. The van der Waals surface area contributed by atoms with E-state index in [1.807, 2.05) is 12.1 Å². The Labute approximate surface area is 90.5 Å². The Balaban J connectivity index is 2.03. The van der Waals surface area contributed by atoms with Gasteiger partial charge < -0.3 is 5.43 Å². The third-order valence-electron chi connectivity index (χ3n) is 3.04. The molecule has 4 nitrogen and oxygen atoms in total. The number of nitrogens with two attached hydrogens (primary N) is 1. The minimum absolute atomic E-state index is 0.682. The monoisotopic (exact) mass is 206 g/mol. The SMILES string of the molecule is CC1CCCN1Cc1cc(NN)ccn1. The number of anilines is 1. The Morgan fingerprint density at radius 1 is 1.67 bits per heavy atom. The molecule has 1 saturated heterocycles. The highest BCUT2D eigenvalue weighted by Gasteiger charge is 2.20. The fourth-order valence-corrected chi connectivity index (χ4v) is 2.09. The summed E-state index contributed by atoms with van der Waals surface area (Å²) < 4.78 is 0. The maximum Gasteiger partial charge on any atom is 0.0565 e. The summed E-state index contributed by atoms with van der Waals surface area (Å²) in [5.41, 5.74) is 4.65. The van der Waals surface area contributed by atoms with E-state index in [9.17, 15) is 0 Å². The van der Waals surface area contributed by atoms with Crippen molar-refractivity contribution in [1.82, 2.24) is 9.88 Å². The number of likely N-dealkylation sites (tertiary alicyclic amines) is 1. The third-order valence-corrected chi connectivity index (χ3v) is 3.04. The first-order valence-corrected chi connectivity index (χ1v) is 5.45. The van der Waals surface area contributed by atoms with Crippen LogP contribution < -0.4 is 11.3 Å². The van der Waals surface area contributed by atoms with Crippen LogP contribution in [0.2, 0.25) is 0 Å². The van der Waals surface area contributed by atoms with Crippen LogP contribution in [0.1, 0.15) is 25.5 Å². The normalized spacial score (nSPS) is 21.9. The first kappa shape index (κ1) is 10.4. The van der Waals surface area contributed by atoms with Gasteiger partial charge in [0.05, 0.1) is 11.4 Å². The van der Waals surface area contributed by atoms with E-state index in [0.29, 0.717) is 6.04 Å². The van der Waals surface area contributed by atoms with Crippen molar-refractivity contribution in [1.29, 1.82) is 0 Å². The Bertz CT molecular complexity index is 326. The molecule has 82 valence electrons. The fourth-order valence-electron chi connectivity index (χ4n) is 2.09.